The number of nitrogens with one attached hydrogen (secondary N) is 1. The van der Waals surface area contributed by atoms with Crippen LogP contribution in [-0.4, -0.2) is 4.98 Å². The number of nitrogen functional groups attached to an aromatic ring is 1. The Bertz CT molecular complexity index is 656. The molecule has 0 atom stereocenters. The van der Waals surface area contributed by atoms with Crippen molar-refractivity contribution in [3.05, 3.63) is 33.4 Å². The monoisotopic (exact) mass is 309 g/mol. The average Bonchev–Trinajstić information content (AvgIpc) is 2.32. The SMILES string of the molecule is Cc1c(C(F)(F)F)nc2c(Cl)c(Cl)ccc2c1NN. The lowest BCUT2D eigenvalue weighted by Gasteiger charge is -2.16. The third-order valence-corrected chi connectivity index (χ3v) is 3.50. The van der Waals surface area contributed by atoms with E-state index in [-0.39, 0.29) is 26.8 Å². The van der Waals surface area contributed by atoms with Gasteiger partial charge in [-0.05, 0) is 19.1 Å². The highest BCUT2D eigenvalue weighted by Crippen LogP contribution is 2.40. The minimum Gasteiger partial charge on any atom is -0.323 e. The number of rotatable bonds is 1. The molecule has 0 fully saturated rings. The lowest BCUT2D eigenvalue weighted by atomic mass is 10.1. The zero-order valence-corrected chi connectivity index (χ0v) is 11.1. The fraction of sp³-hybridized carbons (Fsp3) is 0.182. The van der Waals surface area contributed by atoms with E-state index in [9.17, 15) is 13.2 Å². The molecule has 0 saturated heterocycles. The van der Waals surface area contributed by atoms with Crippen molar-refractivity contribution in [2.75, 3.05) is 5.43 Å². The van der Waals surface area contributed by atoms with Gasteiger partial charge in [-0.2, -0.15) is 13.2 Å². The Morgan fingerprint density at radius 2 is 1.89 bits per heavy atom. The fourth-order valence-electron chi connectivity index (χ4n) is 1.83. The van der Waals surface area contributed by atoms with Crippen molar-refractivity contribution < 1.29 is 13.2 Å². The molecule has 2 aromatic rings. The molecule has 3 N–H and O–H groups in total. The number of fused-ring (bicyclic) bond motifs is 1. The Kier molecular flexibility index (Phi) is 3.51. The Labute approximate surface area is 116 Å². The first-order valence-electron chi connectivity index (χ1n) is 5.09. The van der Waals surface area contributed by atoms with Crippen LogP contribution in [0, 0.1) is 6.92 Å². The van der Waals surface area contributed by atoms with Gasteiger partial charge < -0.3 is 5.43 Å². The summed E-state index contributed by atoms with van der Waals surface area (Å²) in [5.41, 5.74) is 1.19. The third-order valence-electron chi connectivity index (χ3n) is 2.71. The third kappa shape index (κ3) is 2.31. The smallest absolute Gasteiger partial charge is 0.323 e. The second-order valence-corrected chi connectivity index (χ2v) is 4.65. The van der Waals surface area contributed by atoms with E-state index >= 15 is 0 Å². The first-order valence-corrected chi connectivity index (χ1v) is 5.85. The molecule has 0 unspecified atom stereocenters. The van der Waals surface area contributed by atoms with Gasteiger partial charge >= 0.3 is 6.18 Å². The molecule has 8 heteroatoms. The van der Waals surface area contributed by atoms with E-state index in [1.807, 2.05) is 0 Å². The maximum Gasteiger partial charge on any atom is 0.433 e. The minimum absolute atomic E-state index is 0.0406. The molecule has 19 heavy (non-hydrogen) atoms. The summed E-state index contributed by atoms with van der Waals surface area (Å²) < 4.78 is 38.8. The first kappa shape index (κ1) is 14.2. The highest BCUT2D eigenvalue weighted by Gasteiger charge is 2.36. The normalized spacial score (nSPS) is 11.9. The summed E-state index contributed by atoms with van der Waals surface area (Å²) in [6.07, 6.45) is -4.60. The van der Waals surface area contributed by atoms with E-state index in [1.54, 1.807) is 0 Å². The average molecular weight is 310 g/mol. The van der Waals surface area contributed by atoms with Gasteiger partial charge in [0, 0.05) is 10.9 Å². The Morgan fingerprint density at radius 3 is 2.42 bits per heavy atom. The molecule has 3 nitrogen and oxygen atoms in total. The molecule has 2 rings (SSSR count). The van der Waals surface area contributed by atoms with Crippen LogP contribution in [0.1, 0.15) is 11.3 Å². The van der Waals surface area contributed by atoms with Crippen LogP contribution in [0.3, 0.4) is 0 Å². The number of pyridine rings is 1. The number of hydrogen-bond acceptors (Lipinski definition) is 3. The molecule has 102 valence electrons. The highest BCUT2D eigenvalue weighted by molar-refractivity contribution is 6.45. The van der Waals surface area contributed by atoms with Crippen LogP contribution >= 0.6 is 23.2 Å². The van der Waals surface area contributed by atoms with Crippen LogP contribution < -0.4 is 11.3 Å². The largest absolute Gasteiger partial charge is 0.433 e. The molecule has 0 bridgehead atoms. The molecule has 1 aromatic carbocycles. The molecule has 0 saturated carbocycles. The van der Waals surface area contributed by atoms with Crippen molar-refractivity contribution in [2.45, 2.75) is 13.1 Å². The predicted octanol–water partition coefficient (Wildman–Crippen LogP) is 4.15. The summed E-state index contributed by atoms with van der Waals surface area (Å²) in [4.78, 5) is 3.58. The number of hydrazine groups is 1. The van der Waals surface area contributed by atoms with Crippen LogP contribution in [0.5, 0.6) is 0 Å². The summed E-state index contributed by atoms with van der Waals surface area (Å²) in [5, 5.41) is 0.463. The van der Waals surface area contributed by atoms with Gasteiger partial charge in [0.1, 0.15) is 5.69 Å². The number of anilines is 1. The van der Waals surface area contributed by atoms with Crippen molar-refractivity contribution >= 4 is 39.8 Å². The first-order chi connectivity index (χ1) is 8.77. The molecule has 0 aliphatic heterocycles. The van der Waals surface area contributed by atoms with Gasteiger partial charge in [-0.15, -0.1) is 0 Å². The topological polar surface area (TPSA) is 50.9 Å². The second kappa shape index (κ2) is 4.70. The van der Waals surface area contributed by atoms with Crippen molar-refractivity contribution in [1.29, 1.82) is 0 Å². The van der Waals surface area contributed by atoms with Gasteiger partial charge in [-0.3, -0.25) is 5.84 Å². The molecular weight excluding hydrogens is 302 g/mol. The van der Waals surface area contributed by atoms with Crippen molar-refractivity contribution in [2.24, 2.45) is 5.84 Å². The summed E-state index contributed by atoms with van der Waals surface area (Å²) in [6.45, 7) is 1.28. The molecule has 0 spiro atoms. The maximum atomic E-state index is 12.9. The summed E-state index contributed by atoms with van der Waals surface area (Å²) >= 11 is 11.7. The number of aromatic nitrogens is 1. The van der Waals surface area contributed by atoms with E-state index in [0.717, 1.165) is 0 Å². The maximum absolute atomic E-state index is 12.9. The van der Waals surface area contributed by atoms with Gasteiger partial charge in [0.2, 0.25) is 0 Å². The van der Waals surface area contributed by atoms with Gasteiger partial charge in [0.25, 0.3) is 0 Å². The van der Waals surface area contributed by atoms with Crippen molar-refractivity contribution in [1.82, 2.24) is 4.98 Å². The van der Waals surface area contributed by atoms with Crippen LogP contribution in [0.2, 0.25) is 10.0 Å². The number of benzene rings is 1. The summed E-state index contributed by atoms with van der Waals surface area (Å²) in [7, 11) is 0. The lowest BCUT2D eigenvalue weighted by molar-refractivity contribution is -0.141. The van der Waals surface area contributed by atoms with Crippen LogP contribution in [-0.2, 0) is 6.18 Å². The van der Waals surface area contributed by atoms with Gasteiger partial charge in [0.15, 0.2) is 0 Å². The van der Waals surface area contributed by atoms with E-state index in [2.05, 4.69) is 10.4 Å². The molecule has 1 aromatic heterocycles. The number of nitrogens with two attached hydrogens (primary N) is 1. The molecule has 0 amide bonds. The number of halogens is 5. The fourth-order valence-corrected chi connectivity index (χ4v) is 2.19. The highest BCUT2D eigenvalue weighted by atomic mass is 35.5. The summed E-state index contributed by atoms with van der Waals surface area (Å²) in [6, 6.07) is 2.99. The lowest BCUT2D eigenvalue weighted by Crippen LogP contribution is -2.16. The number of nitrogens with zero attached hydrogens (tertiary/aromatic N) is 1. The van der Waals surface area contributed by atoms with E-state index in [4.69, 9.17) is 29.0 Å². The molecule has 1 heterocycles. The Balaban J connectivity index is 2.96. The van der Waals surface area contributed by atoms with E-state index < -0.39 is 11.9 Å². The van der Waals surface area contributed by atoms with E-state index in [0.29, 0.717) is 5.39 Å². The van der Waals surface area contributed by atoms with Crippen LogP contribution in [0.25, 0.3) is 10.9 Å². The van der Waals surface area contributed by atoms with E-state index in [1.165, 1.54) is 19.1 Å². The minimum atomic E-state index is -4.60. The molecule has 0 aliphatic carbocycles. The Morgan fingerprint density at radius 1 is 1.26 bits per heavy atom. The zero-order chi connectivity index (χ0) is 14.4. The van der Waals surface area contributed by atoms with Gasteiger partial charge in [-0.1, -0.05) is 23.2 Å². The van der Waals surface area contributed by atoms with Crippen LogP contribution in [0.4, 0.5) is 18.9 Å². The zero-order valence-electron chi connectivity index (χ0n) is 9.57. The van der Waals surface area contributed by atoms with Crippen molar-refractivity contribution in [3.63, 3.8) is 0 Å². The molecule has 0 aliphatic rings. The van der Waals surface area contributed by atoms with Crippen LogP contribution in [0.15, 0.2) is 12.1 Å². The quantitative estimate of drug-likeness (QED) is 0.614. The van der Waals surface area contributed by atoms with Crippen molar-refractivity contribution in [3.8, 4) is 0 Å². The van der Waals surface area contributed by atoms with Gasteiger partial charge in [-0.25, -0.2) is 4.98 Å². The number of hydrogen-bond donors (Lipinski definition) is 2. The Hall–Kier alpha value is -1.24. The number of alkyl halides is 3. The predicted molar refractivity (Wildman–Crippen MR) is 69.3 cm³/mol. The second-order valence-electron chi connectivity index (χ2n) is 3.86. The van der Waals surface area contributed by atoms with Gasteiger partial charge in [0.05, 0.1) is 21.2 Å². The standard InChI is InChI=1S/C11H8Cl2F3N3/c1-4-8(19-17)5-2-3-6(12)7(13)9(5)18-10(4)11(14,15)16/h2-3H,17H2,1H3,(H,18,19). The summed E-state index contributed by atoms with van der Waals surface area (Å²) in [5.74, 6) is 5.30. The molecular formula is C11H8Cl2F3N3. The molecule has 0 radical (unpaired) electrons.